The first kappa shape index (κ1) is 14.3. The first-order valence-electron chi connectivity index (χ1n) is 6.55. The van der Waals surface area contributed by atoms with Gasteiger partial charge < -0.3 is 14.6 Å². The van der Waals surface area contributed by atoms with Crippen molar-refractivity contribution in [3.63, 3.8) is 0 Å². The van der Waals surface area contributed by atoms with Crippen LogP contribution in [0.25, 0.3) is 0 Å². The first-order chi connectivity index (χ1) is 9.71. The minimum atomic E-state index is -0.772. The monoisotopic (exact) mass is 273 g/mol. The number of methoxy groups -OCH3 is 2. The lowest BCUT2D eigenvalue weighted by Crippen LogP contribution is -2.06. The second kappa shape index (κ2) is 6.39. The van der Waals surface area contributed by atoms with E-state index >= 15 is 0 Å². The summed E-state index contributed by atoms with van der Waals surface area (Å²) in [5, 5.41) is 10.5. The quantitative estimate of drug-likeness (QED) is 0.910. The van der Waals surface area contributed by atoms with Gasteiger partial charge in [-0.25, -0.2) is 0 Å². The third-order valence-corrected chi connectivity index (χ3v) is 3.29. The van der Waals surface area contributed by atoms with Crippen molar-refractivity contribution < 1.29 is 14.6 Å². The van der Waals surface area contributed by atoms with Gasteiger partial charge in [0.25, 0.3) is 0 Å². The zero-order chi connectivity index (χ0) is 14.5. The summed E-state index contributed by atoms with van der Waals surface area (Å²) >= 11 is 0. The van der Waals surface area contributed by atoms with Gasteiger partial charge >= 0.3 is 0 Å². The number of nitrogens with zero attached hydrogens (tertiary/aromatic N) is 1. The normalized spacial score (nSPS) is 12.0. The average molecular weight is 273 g/mol. The molecule has 2 aromatic rings. The van der Waals surface area contributed by atoms with Crippen LogP contribution in [0, 0.1) is 0 Å². The maximum atomic E-state index is 10.5. The van der Waals surface area contributed by atoms with Crippen LogP contribution in [0.15, 0.2) is 36.5 Å². The summed E-state index contributed by atoms with van der Waals surface area (Å²) < 4.78 is 10.5. The van der Waals surface area contributed by atoms with Crippen LogP contribution in [0.5, 0.6) is 11.5 Å². The fraction of sp³-hybridized carbons (Fsp3) is 0.312. The second-order valence-corrected chi connectivity index (χ2v) is 4.42. The van der Waals surface area contributed by atoms with Gasteiger partial charge in [0.05, 0.1) is 19.9 Å². The van der Waals surface area contributed by atoms with Crippen LogP contribution in [0.1, 0.15) is 29.8 Å². The Kier molecular flexibility index (Phi) is 4.58. The van der Waals surface area contributed by atoms with Gasteiger partial charge in [-0.1, -0.05) is 19.1 Å². The van der Waals surface area contributed by atoms with Crippen molar-refractivity contribution in [2.24, 2.45) is 0 Å². The van der Waals surface area contributed by atoms with Gasteiger partial charge in [0.15, 0.2) is 11.5 Å². The van der Waals surface area contributed by atoms with Crippen LogP contribution in [0.3, 0.4) is 0 Å². The fourth-order valence-corrected chi connectivity index (χ4v) is 2.18. The fourth-order valence-electron chi connectivity index (χ4n) is 2.18. The molecule has 0 amide bonds. The van der Waals surface area contributed by atoms with E-state index < -0.39 is 6.10 Å². The SMILES string of the molecule is CCc1cccnc1C(O)c1ccc(OC)c(OC)c1. The number of aliphatic hydroxyl groups excluding tert-OH is 1. The molecule has 1 aromatic heterocycles. The molecule has 0 aliphatic rings. The molecule has 2 rings (SSSR count). The van der Waals surface area contributed by atoms with Crippen molar-refractivity contribution in [2.45, 2.75) is 19.4 Å². The van der Waals surface area contributed by atoms with E-state index in [2.05, 4.69) is 4.98 Å². The van der Waals surface area contributed by atoms with Gasteiger partial charge in [-0.05, 0) is 35.7 Å². The molecule has 1 aromatic carbocycles. The predicted octanol–water partition coefficient (Wildman–Crippen LogP) is 2.74. The highest BCUT2D eigenvalue weighted by Crippen LogP contribution is 2.32. The highest BCUT2D eigenvalue weighted by molar-refractivity contribution is 5.45. The van der Waals surface area contributed by atoms with Crippen LogP contribution in [0.2, 0.25) is 0 Å². The highest BCUT2D eigenvalue weighted by Gasteiger charge is 2.17. The molecule has 4 heteroatoms. The number of aryl methyl sites for hydroxylation is 1. The number of aliphatic hydroxyl groups is 1. The Balaban J connectivity index is 2.40. The van der Waals surface area contributed by atoms with Gasteiger partial charge in [0, 0.05) is 6.20 Å². The smallest absolute Gasteiger partial charge is 0.161 e. The van der Waals surface area contributed by atoms with E-state index in [9.17, 15) is 5.11 Å². The number of pyridine rings is 1. The third kappa shape index (κ3) is 2.75. The van der Waals surface area contributed by atoms with Gasteiger partial charge in [-0.3, -0.25) is 4.98 Å². The molecule has 1 N–H and O–H groups in total. The highest BCUT2D eigenvalue weighted by atomic mass is 16.5. The molecule has 106 valence electrons. The molecule has 0 saturated carbocycles. The molecule has 0 fully saturated rings. The number of benzene rings is 1. The Morgan fingerprint density at radius 3 is 2.55 bits per heavy atom. The van der Waals surface area contributed by atoms with Gasteiger partial charge in [0.1, 0.15) is 6.10 Å². The lowest BCUT2D eigenvalue weighted by molar-refractivity contribution is 0.213. The zero-order valence-corrected chi connectivity index (χ0v) is 12.0. The van der Waals surface area contributed by atoms with Crippen LogP contribution in [-0.2, 0) is 6.42 Å². The number of hydrogen-bond donors (Lipinski definition) is 1. The summed E-state index contributed by atoms with van der Waals surface area (Å²) in [6, 6.07) is 9.24. The lowest BCUT2D eigenvalue weighted by Gasteiger charge is -2.16. The number of aromatic nitrogens is 1. The average Bonchev–Trinajstić information content (AvgIpc) is 2.53. The lowest BCUT2D eigenvalue weighted by atomic mass is 10.0. The Labute approximate surface area is 119 Å². The van der Waals surface area contributed by atoms with Crippen LogP contribution in [-0.4, -0.2) is 24.3 Å². The number of ether oxygens (including phenoxy) is 2. The number of rotatable bonds is 5. The van der Waals surface area contributed by atoms with Crippen molar-refractivity contribution in [2.75, 3.05) is 14.2 Å². The van der Waals surface area contributed by atoms with E-state index in [1.54, 1.807) is 32.5 Å². The van der Waals surface area contributed by atoms with Crippen molar-refractivity contribution in [3.8, 4) is 11.5 Å². The zero-order valence-electron chi connectivity index (χ0n) is 12.0. The molecule has 1 atom stereocenters. The Hall–Kier alpha value is -2.07. The molecule has 20 heavy (non-hydrogen) atoms. The van der Waals surface area contributed by atoms with E-state index in [1.807, 2.05) is 25.1 Å². The minimum Gasteiger partial charge on any atom is -0.493 e. The standard InChI is InChI=1S/C16H19NO3/c1-4-11-6-5-9-17-15(11)16(18)12-7-8-13(19-2)14(10-12)20-3/h5-10,16,18H,4H2,1-3H3. The molecule has 0 aliphatic heterocycles. The van der Waals surface area contributed by atoms with Gasteiger partial charge in [-0.15, -0.1) is 0 Å². The van der Waals surface area contributed by atoms with Crippen molar-refractivity contribution in [1.29, 1.82) is 0 Å². The van der Waals surface area contributed by atoms with Crippen LogP contribution >= 0.6 is 0 Å². The maximum Gasteiger partial charge on any atom is 0.161 e. The topological polar surface area (TPSA) is 51.6 Å². The van der Waals surface area contributed by atoms with Gasteiger partial charge in [0.2, 0.25) is 0 Å². The number of hydrogen-bond acceptors (Lipinski definition) is 4. The third-order valence-electron chi connectivity index (χ3n) is 3.29. The summed E-state index contributed by atoms with van der Waals surface area (Å²) in [5.41, 5.74) is 2.45. The second-order valence-electron chi connectivity index (χ2n) is 4.42. The summed E-state index contributed by atoms with van der Waals surface area (Å²) in [6.07, 6.45) is 1.75. The maximum absolute atomic E-state index is 10.5. The predicted molar refractivity (Wildman–Crippen MR) is 77.2 cm³/mol. The summed E-state index contributed by atoms with van der Waals surface area (Å²) in [4.78, 5) is 4.30. The molecule has 0 saturated heterocycles. The molecular weight excluding hydrogens is 254 g/mol. The molecule has 0 spiro atoms. The van der Waals surface area contributed by atoms with Gasteiger partial charge in [-0.2, -0.15) is 0 Å². The van der Waals surface area contributed by atoms with E-state index in [1.165, 1.54) is 0 Å². The Morgan fingerprint density at radius 1 is 1.15 bits per heavy atom. The molecule has 0 radical (unpaired) electrons. The molecule has 1 heterocycles. The van der Waals surface area contributed by atoms with Crippen LogP contribution in [0.4, 0.5) is 0 Å². The minimum absolute atomic E-state index is 0.595. The van der Waals surface area contributed by atoms with Crippen molar-refractivity contribution in [1.82, 2.24) is 4.98 Å². The molecule has 0 bridgehead atoms. The van der Waals surface area contributed by atoms with E-state index in [4.69, 9.17) is 9.47 Å². The largest absolute Gasteiger partial charge is 0.493 e. The molecular formula is C16H19NO3. The van der Waals surface area contributed by atoms with E-state index in [0.29, 0.717) is 17.2 Å². The summed E-state index contributed by atoms with van der Waals surface area (Å²) in [5.74, 6) is 1.23. The van der Waals surface area contributed by atoms with Crippen molar-refractivity contribution in [3.05, 3.63) is 53.3 Å². The summed E-state index contributed by atoms with van der Waals surface area (Å²) in [7, 11) is 3.16. The summed E-state index contributed by atoms with van der Waals surface area (Å²) in [6.45, 7) is 2.04. The molecule has 0 aliphatic carbocycles. The molecule has 4 nitrogen and oxygen atoms in total. The first-order valence-corrected chi connectivity index (χ1v) is 6.55. The van der Waals surface area contributed by atoms with E-state index in [0.717, 1.165) is 17.5 Å². The molecule has 1 unspecified atom stereocenters. The Bertz CT molecular complexity index is 584. The van der Waals surface area contributed by atoms with Crippen molar-refractivity contribution >= 4 is 0 Å². The van der Waals surface area contributed by atoms with E-state index in [-0.39, 0.29) is 0 Å². The van der Waals surface area contributed by atoms with Crippen LogP contribution < -0.4 is 9.47 Å². The Morgan fingerprint density at radius 2 is 1.90 bits per heavy atom.